The van der Waals surface area contributed by atoms with Crippen molar-refractivity contribution in [2.45, 2.75) is 277 Å². The Hall–Kier alpha value is -3.34. The summed E-state index contributed by atoms with van der Waals surface area (Å²) in [6, 6.07) is 0. The van der Waals surface area contributed by atoms with Crippen LogP contribution in [0.2, 0.25) is 0 Å². The first-order valence-corrected chi connectivity index (χ1v) is 32.0. The van der Waals surface area contributed by atoms with E-state index in [1.807, 2.05) is 12.2 Å². The molecule has 0 aromatic rings. The number of esters is 3. The van der Waals surface area contributed by atoms with Gasteiger partial charge in [-0.2, -0.15) is 0 Å². The fraction of sp³-hybridized carbons (Fsp3) is 0.734. The van der Waals surface area contributed by atoms with Gasteiger partial charge in [-0.05, 0) is 83.5 Å². The number of hydrogen-bond acceptors (Lipinski definition) is 10. The first kappa shape index (κ1) is 72.7. The smallest absolute Gasteiger partial charge is 0.462 e. The fourth-order valence-corrected chi connectivity index (χ4v) is 8.99. The van der Waals surface area contributed by atoms with Crippen LogP contribution in [0, 0.1) is 0 Å². The molecule has 0 aromatic carbocycles. The Kier molecular flexibility index (Phi) is 55.3. The minimum Gasteiger partial charge on any atom is -0.462 e. The third-order valence-electron chi connectivity index (χ3n) is 12.8. The maximum atomic E-state index is 12.9. The van der Waals surface area contributed by atoms with E-state index in [0.29, 0.717) is 25.7 Å². The summed E-state index contributed by atoms with van der Waals surface area (Å²) < 4.78 is 39.5. The summed E-state index contributed by atoms with van der Waals surface area (Å²) in [5, 5.41) is 9.83. The number of carbonyl (C=O) groups excluding carboxylic acids is 3. The second kappa shape index (κ2) is 57.8. The number of allylic oxidation sites excluding steroid dienone is 14. The molecule has 0 saturated heterocycles. The van der Waals surface area contributed by atoms with Crippen molar-refractivity contribution in [3.05, 3.63) is 85.1 Å². The van der Waals surface area contributed by atoms with E-state index in [9.17, 15) is 28.9 Å². The Labute approximate surface area is 464 Å². The van der Waals surface area contributed by atoms with Gasteiger partial charge in [0.05, 0.1) is 19.8 Å². The van der Waals surface area contributed by atoms with E-state index in [1.165, 1.54) is 109 Å². The van der Waals surface area contributed by atoms with E-state index in [0.717, 1.165) is 89.9 Å². The minimum atomic E-state index is -4.77. The second-order valence-corrected chi connectivity index (χ2v) is 21.6. The standard InChI is InChI=1S/C64H111O11P/c1-4-7-10-13-16-19-22-25-27-29-30-32-34-37-40-43-46-49-52-55-64(68)75-61(57-71-62(66)53-50-47-44-41-38-35-24-21-18-15-12-9-6-3)59-73-76(69,70)72-58-60(56-65)74-63(67)54-51-48-45-42-39-36-33-31-28-26-23-20-17-14-11-8-5-2/h7,10,16,19,21,24-25,27,30,32,37,40,46,49,60-61,65H,4-6,8-9,11-15,17-18,20,22-23,26,28-29,31,33-36,38-39,41-45,47-48,50-59H2,1-3H3,(H,69,70)/b10-7-,19-16-,24-21-,27-25-,32-30-,40-37-,49-46-. The Morgan fingerprint density at radius 3 is 1.14 bits per heavy atom. The van der Waals surface area contributed by atoms with Crippen molar-refractivity contribution in [2.75, 3.05) is 26.4 Å². The molecule has 0 radical (unpaired) electrons. The van der Waals surface area contributed by atoms with E-state index in [4.69, 9.17) is 23.3 Å². The Balaban J connectivity index is 4.78. The predicted molar refractivity (Wildman–Crippen MR) is 316 cm³/mol. The molecule has 0 amide bonds. The van der Waals surface area contributed by atoms with Crippen LogP contribution in [0.5, 0.6) is 0 Å². The molecule has 0 saturated carbocycles. The summed E-state index contributed by atoms with van der Waals surface area (Å²) >= 11 is 0. The highest BCUT2D eigenvalue weighted by molar-refractivity contribution is 7.47. The lowest BCUT2D eigenvalue weighted by molar-refractivity contribution is -0.161. The third kappa shape index (κ3) is 55.4. The monoisotopic (exact) mass is 1090 g/mol. The van der Waals surface area contributed by atoms with Gasteiger partial charge in [0.15, 0.2) is 6.10 Å². The summed E-state index contributed by atoms with van der Waals surface area (Å²) in [7, 11) is -4.77. The highest BCUT2D eigenvalue weighted by Gasteiger charge is 2.28. The number of phosphoric ester groups is 1. The predicted octanol–water partition coefficient (Wildman–Crippen LogP) is 18.3. The maximum absolute atomic E-state index is 12.9. The van der Waals surface area contributed by atoms with Gasteiger partial charge in [-0.1, -0.05) is 247 Å². The molecule has 438 valence electrons. The molecule has 11 nitrogen and oxygen atoms in total. The van der Waals surface area contributed by atoms with E-state index in [-0.39, 0.29) is 25.9 Å². The number of aliphatic hydroxyl groups is 1. The Morgan fingerprint density at radius 2 is 0.711 bits per heavy atom. The average Bonchev–Trinajstić information content (AvgIpc) is 3.41. The molecule has 0 aliphatic heterocycles. The Bertz CT molecular complexity index is 1600. The molecular weight excluding hydrogens is 976 g/mol. The molecule has 0 aliphatic rings. The molecule has 0 aliphatic carbocycles. The average molecular weight is 1090 g/mol. The van der Waals surface area contributed by atoms with Crippen molar-refractivity contribution in [1.82, 2.24) is 0 Å². The van der Waals surface area contributed by atoms with E-state index in [2.05, 4.69) is 93.7 Å². The molecule has 3 unspecified atom stereocenters. The zero-order valence-corrected chi connectivity index (χ0v) is 49.3. The molecule has 76 heavy (non-hydrogen) atoms. The van der Waals surface area contributed by atoms with Gasteiger partial charge in [-0.3, -0.25) is 23.4 Å². The van der Waals surface area contributed by atoms with Crippen LogP contribution in [0.4, 0.5) is 0 Å². The summed E-state index contributed by atoms with van der Waals surface area (Å²) in [6.07, 6.45) is 67.0. The summed E-state index contributed by atoms with van der Waals surface area (Å²) in [6.45, 7) is 4.45. The van der Waals surface area contributed by atoms with Crippen molar-refractivity contribution in [1.29, 1.82) is 0 Å². The van der Waals surface area contributed by atoms with E-state index >= 15 is 0 Å². The Morgan fingerprint density at radius 1 is 0.382 bits per heavy atom. The number of carbonyl (C=O) groups is 3. The molecule has 0 spiro atoms. The largest absolute Gasteiger partial charge is 0.472 e. The highest BCUT2D eigenvalue weighted by Crippen LogP contribution is 2.43. The summed E-state index contributed by atoms with van der Waals surface area (Å²) in [4.78, 5) is 48.6. The molecule has 0 fully saturated rings. The van der Waals surface area contributed by atoms with Crippen LogP contribution in [0.25, 0.3) is 0 Å². The third-order valence-corrected chi connectivity index (χ3v) is 13.8. The van der Waals surface area contributed by atoms with Crippen molar-refractivity contribution >= 4 is 25.7 Å². The van der Waals surface area contributed by atoms with Gasteiger partial charge in [0.1, 0.15) is 12.7 Å². The molecule has 0 aromatic heterocycles. The minimum absolute atomic E-state index is 0.0394. The van der Waals surface area contributed by atoms with Crippen molar-refractivity contribution in [2.24, 2.45) is 0 Å². The zero-order chi connectivity index (χ0) is 55.5. The van der Waals surface area contributed by atoms with Crippen molar-refractivity contribution in [3.63, 3.8) is 0 Å². The van der Waals surface area contributed by atoms with Gasteiger partial charge >= 0.3 is 25.7 Å². The van der Waals surface area contributed by atoms with Gasteiger partial charge in [-0.25, -0.2) is 4.57 Å². The van der Waals surface area contributed by atoms with Gasteiger partial charge in [0.2, 0.25) is 0 Å². The molecule has 2 N–H and O–H groups in total. The quantitative estimate of drug-likeness (QED) is 0.0197. The van der Waals surface area contributed by atoms with Gasteiger partial charge < -0.3 is 24.2 Å². The maximum Gasteiger partial charge on any atom is 0.472 e. The van der Waals surface area contributed by atoms with Crippen molar-refractivity contribution < 1.29 is 52.2 Å². The number of hydrogen-bond donors (Lipinski definition) is 2. The van der Waals surface area contributed by atoms with E-state index in [1.54, 1.807) is 0 Å². The fourth-order valence-electron chi connectivity index (χ4n) is 8.20. The lowest BCUT2D eigenvalue weighted by atomic mass is 10.0. The molecular formula is C64H111O11P. The van der Waals surface area contributed by atoms with Crippen LogP contribution in [-0.2, 0) is 42.2 Å². The lowest BCUT2D eigenvalue weighted by Gasteiger charge is -2.21. The van der Waals surface area contributed by atoms with Crippen molar-refractivity contribution in [3.8, 4) is 0 Å². The normalized spacial score (nSPS) is 13.9. The number of rotatable bonds is 56. The first-order chi connectivity index (χ1) is 37.2. The molecule has 3 atom stereocenters. The topological polar surface area (TPSA) is 155 Å². The van der Waals surface area contributed by atoms with Crippen LogP contribution in [-0.4, -0.2) is 66.5 Å². The number of unbranched alkanes of at least 4 members (excludes halogenated alkanes) is 25. The molecule has 0 heterocycles. The zero-order valence-electron chi connectivity index (χ0n) is 48.5. The van der Waals surface area contributed by atoms with Gasteiger partial charge in [0, 0.05) is 19.3 Å². The first-order valence-electron chi connectivity index (χ1n) is 30.5. The van der Waals surface area contributed by atoms with Crippen LogP contribution in [0.3, 0.4) is 0 Å². The van der Waals surface area contributed by atoms with E-state index < -0.39 is 57.8 Å². The molecule has 12 heteroatoms. The highest BCUT2D eigenvalue weighted by atomic mass is 31.2. The number of ether oxygens (including phenoxy) is 3. The van der Waals surface area contributed by atoms with Crippen LogP contribution in [0.1, 0.15) is 265 Å². The molecule has 0 rings (SSSR count). The van der Waals surface area contributed by atoms with Crippen LogP contribution < -0.4 is 0 Å². The second-order valence-electron chi connectivity index (χ2n) is 20.1. The number of aliphatic hydroxyl groups excluding tert-OH is 1. The van der Waals surface area contributed by atoms with Gasteiger partial charge in [0.25, 0.3) is 0 Å². The molecule has 0 bridgehead atoms. The lowest BCUT2D eigenvalue weighted by Crippen LogP contribution is -2.30. The van der Waals surface area contributed by atoms with Crippen LogP contribution in [0.15, 0.2) is 85.1 Å². The number of phosphoric acid groups is 1. The summed E-state index contributed by atoms with van der Waals surface area (Å²) in [5.74, 6) is -1.57. The van der Waals surface area contributed by atoms with Crippen LogP contribution >= 0.6 is 7.82 Å². The SMILES string of the molecule is CC/C=C\C/C=C\C/C=C\C/C=C\C/C=C\C/C=C\CCC(=O)OC(COC(=O)CCCCCCC/C=C\CCCCCC)COP(=O)(O)OCC(CO)OC(=O)CCCCCCCCCCCCCCCCCCC. The summed E-state index contributed by atoms with van der Waals surface area (Å²) in [5.41, 5.74) is 0. The van der Waals surface area contributed by atoms with Gasteiger partial charge in [-0.15, -0.1) is 0 Å².